The van der Waals surface area contributed by atoms with Crippen LogP contribution in [0.1, 0.15) is 10.4 Å². The molecule has 104 valence electrons. The Hall–Kier alpha value is -3.17. The number of carboxylic acids is 1. The van der Waals surface area contributed by atoms with E-state index in [1.807, 2.05) is 0 Å². The van der Waals surface area contributed by atoms with E-state index in [2.05, 4.69) is 26.0 Å². The van der Waals surface area contributed by atoms with Crippen LogP contribution in [-0.2, 0) is 7.05 Å². The molecule has 0 saturated heterocycles. The van der Waals surface area contributed by atoms with Gasteiger partial charge in [-0.3, -0.25) is 5.32 Å². The van der Waals surface area contributed by atoms with Crippen molar-refractivity contribution in [1.82, 2.24) is 20.2 Å². The van der Waals surface area contributed by atoms with E-state index in [1.165, 1.54) is 16.9 Å². The predicted octanol–water partition coefficient (Wildman–Crippen LogP) is 0.258. The molecule has 4 N–H and O–H groups in total. The predicted molar refractivity (Wildman–Crippen MR) is 66.5 cm³/mol. The van der Waals surface area contributed by atoms with Gasteiger partial charge >= 0.3 is 12.0 Å². The highest BCUT2D eigenvalue weighted by molar-refractivity contribution is 5.99. The quantitative estimate of drug-likeness (QED) is 0.630. The van der Waals surface area contributed by atoms with E-state index in [4.69, 9.17) is 5.11 Å². The number of aromatic carboxylic acids is 1. The van der Waals surface area contributed by atoms with E-state index in [9.17, 15) is 14.7 Å². The van der Waals surface area contributed by atoms with Crippen molar-refractivity contribution >= 4 is 23.6 Å². The molecule has 0 unspecified atom stereocenters. The van der Waals surface area contributed by atoms with Crippen molar-refractivity contribution < 1.29 is 19.8 Å². The standard InChI is InChI=1S/C10H10N6O4/c1-16-14-9(13-15-16)12-10(20)11-5-2-3-6(8(18)19)7(17)4-5/h2-4,17H,1H3,(H,18,19)(H2,11,12,14,20). The zero-order valence-corrected chi connectivity index (χ0v) is 10.2. The Balaban J connectivity index is 2.04. The van der Waals surface area contributed by atoms with Crippen LogP contribution in [0.25, 0.3) is 0 Å². The van der Waals surface area contributed by atoms with E-state index in [1.54, 1.807) is 7.05 Å². The Labute approximate surface area is 112 Å². The maximum absolute atomic E-state index is 11.6. The summed E-state index contributed by atoms with van der Waals surface area (Å²) in [7, 11) is 1.54. The molecule has 10 nitrogen and oxygen atoms in total. The summed E-state index contributed by atoms with van der Waals surface area (Å²) in [4.78, 5) is 23.5. The van der Waals surface area contributed by atoms with Crippen molar-refractivity contribution in [2.75, 3.05) is 10.6 Å². The molecular weight excluding hydrogens is 268 g/mol. The highest BCUT2D eigenvalue weighted by Gasteiger charge is 2.11. The van der Waals surface area contributed by atoms with Gasteiger partial charge in [0, 0.05) is 11.8 Å². The topological polar surface area (TPSA) is 142 Å². The summed E-state index contributed by atoms with van der Waals surface area (Å²) in [6.07, 6.45) is 0. The molecule has 10 heteroatoms. The number of carbonyl (C=O) groups is 2. The number of nitrogens with one attached hydrogen (secondary N) is 2. The summed E-state index contributed by atoms with van der Waals surface area (Å²) in [6, 6.07) is 2.98. The van der Waals surface area contributed by atoms with Crippen LogP contribution in [0.15, 0.2) is 18.2 Å². The van der Waals surface area contributed by atoms with Crippen molar-refractivity contribution in [3.05, 3.63) is 23.8 Å². The van der Waals surface area contributed by atoms with E-state index in [0.29, 0.717) is 0 Å². The first-order chi connectivity index (χ1) is 9.45. The molecule has 0 aliphatic heterocycles. The van der Waals surface area contributed by atoms with Gasteiger partial charge in [-0.2, -0.15) is 4.80 Å². The minimum Gasteiger partial charge on any atom is -0.507 e. The molecule has 0 atom stereocenters. The van der Waals surface area contributed by atoms with Crippen LogP contribution in [0.5, 0.6) is 5.75 Å². The summed E-state index contributed by atoms with van der Waals surface area (Å²) in [6.45, 7) is 0. The first-order valence-electron chi connectivity index (χ1n) is 5.34. The van der Waals surface area contributed by atoms with Crippen LogP contribution < -0.4 is 10.6 Å². The number of aryl methyl sites for hydroxylation is 1. The number of anilines is 2. The molecule has 20 heavy (non-hydrogen) atoms. The molecule has 0 aliphatic rings. The lowest BCUT2D eigenvalue weighted by atomic mass is 10.2. The second kappa shape index (κ2) is 5.22. The van der Waals surface area contributed by atoms with Gasteiger partial charge in [-0.05, 0) is 17.3 Å². The van der Waals surface area contributed by atoms with Gasteiger partial charge < -0.3 is 15.5 Å². The summed E-state index contributed by atoms with van der Waals surface area (Å²) in [5.74, 6) is -1.70. The third-order valence-corrected chi connectivity index (χ3v) is 2.22. The molecule has 2 aromatic rings. The monoisotopic (exact) mass is 278 g/mol. The number of carbonyl (C=O) groups excluding carboxylic acids is 1. The van der Waals surface area contributed by atoms with E-state index in [0.717, 1.165) is 6.07 Å². The zero-order valence-electron chi connectivity index (χ0n) is 10.2. The van der Waals surface area contributed by atoms with Crippen LogP contribution in [0, 0.1) is 0 Å². The van der Waals surface area contributed by atoms with Gasteiger partial charge in [0.15, 0.2) is 0 Å². The smallest absolute Gasteiger partial charge is 0.339 e. The largest absolute Gasteiger partial charge is 0.507 e. The van der Waals surface area contributed by atoms with Crippen molar-refractivity contribution in [3.63, 3.8) is 0 Å². The Morgan fingerprint density at radius 3 is 2.60 bits per heavy atom. The van der Waals surface area contributed by atoms with Gasteiger partial charge in [-0.15, -0.1) is 5.10 Å². The Kier molecular flexibility index (Phi) is 3.46. The zero-order chi connectivity index (χ0) is 14.7. The second-order valence-corrected chi connectivity index (χ2v) is 3.72. The van der Waals surface area contributed by atoms with Crippen molar-refractivity contribution in [1.29, 1.82) is 0 Å². The molecule has 1 aromatic carbocycles. The van der Waals surface area contributed by atoms with Crippen molar-refractivity contribution in [2.45, 2.75) is 0 Å². The summed E-state index contributed by atoms with van der Waals surface area (Å²) < 4.78 is 0. The molecule has 0 radical (unpaired) electrons. The van der Waals surface area contributed by atoms with Crippen molar-refractivity contribution in [2.24, 2.45) is 7.05 Å². The SMILES string of the molecule is Cn1nnc(NC(=O)Nc2ccc(C(=O)O)c(O)c2)n1. The maximum Gasteiger partial charge on any atom is 0.339 e. The first kappa shape index (κ1) is 13.3. The number of amides is 2. The molecular formula is C10H10N6O4. The van der Waals surface area contributed by atoms with Gasteiger partial charge in [0.1, 0.15) is 11.3 Å². The Morgan fingerprint density at radius 2 is 2.05 bits per heavy atom. The number of tetrazole rings is 1. The molecule has 0 aliphatic carbocycles. The van der Waals surface area contributed by atoms with Crippen LogP contribution in [0.4, 0.5) is 16.4 Å². The fraction of sp³-hybridized carbons (Fsp3) is 0.100. The van der Waals surface area contributed by atoms with Crippen LogP contribution in [0.3, 0.4) is 0 Å². The lowest BCUT2D eigenvalue weighted by Crippen LogP contribution is -2.20. The van der Waals surface area contributed by atoms with Crippen molar-refractivity contribution in [3.8, 4) is 5.75 Å². The number of nitrogens with zero attached hydrogens (tertiary/aromatic N) is 4. The number of hydrogen-bond donors (Lipinski definition) is 4. The maximum atomic E-state index is 11.6. The van der Waals surface area contributed by atoms with Crippen LogP contribution in [-0.4, -0.2) is 42.4 Å². The lowest BCUT2D eigenvalue weighted by Gasteiger charge is -2.06. The minimum atomic E-state index is -1.26. The van der Waals surface area contributed by atoms with Gasteiger partial charge in [-0.25, -0.2) is 9.59 Å². The number of aromatic nitrogens is 4. The average molecular weight is 278 g/mol. The highest BCUT2D eigenvalue weighted by Crippen LogP contribution is 2.21. The molecule has 0 bridgehead atoms. The highest BCUT2D eigenvalue weighted by atomic mass is 16.4. The van der Waals surface area contributed by atoms with Gasteiger partial charge in [-0.1, -0.05) is 5.10 Å². The molecule has 0 saturated carbocycles. The summed E-state index contributed by atoms with van der Waals surface area (Å²) in [5, 5.41) is 33.8. The summed E-state index contributed by atoms with van der Waals surface area (Å²) >= 11 is 0. The molecule has 0 fully saturated rings. The average Bonchev–Trinajstić information content (AvgIpc) is 2.74. The number of carboxylic acid groups (broad SMARTS) is 1. The second-order valence-electron chi connectivity index (χ2n) is 3.72. The molecule has 0 spiro atoms. The molecule has 2 rings (SSSR count). The van der Waals surface area contributed by atoms with Crippen LogP contribution >= 0.6 is 0 Å². The van der Waals surface area contributed by atoms with E-state index < -0.39 is 17.7 Å². The van der Waals surface area contributed by atoms with Gasteiger partial charge in [0.25, 0.3) is 5.95 Å². The summed E-state index contributed by atoms with van der Waals surface area (Å²) in [5.41, 5.74) is -0.0413. The third kappa shape index (κ3) is 2.98. The Bertz CT molecular complexity index is 668. The molecule has 1 heterocycles. The number of phenols is 1. The number of aromatic hydroxyl groups is 1. The number of benzene rings is 1. The van der Waals surface area contributed by atoms with E-state index in [-0.39, 0.29) is 17.2 Å². The third-order valence-electron chi connectivity index (χ3n) is 2.22. The normalized spacial score (nSPS) is 10.1. The van der Waals surface area contributed by atoms with Gasteiger partial charge in [0.05, 0.1) is 7.05 Å². The van der Waals surface area contributed by atoms with Crippen LogP contribution in [0.2, 0.25) is 0 Å². The number of rotatable bonds is 3. The number of urea groups is 1. The first-order valence-corrected chi connectivity index (χ1v) is 5.34. The minimum absolute atomic E-state index is 0.0105. The lowest BCUT2D eigenvalue weighted by molar-refractivity contribution is 0.0694. The van der Waals surface area contributed by atoms with E-state index >= 15 is 0 Å². The fourth-order valence-electron chi connectivity index (χ4n) is 1.39. The molecule has 1 aromatic heterocycles. The molecule has 2 amide bonds. The Morgan fingerprint density at radius 1 is 1.30 bits per heavy atom. The number of hydrogen-bond acceptors (Lipinski definition) is 6. The van der Waals surface area contributed by atoms with Gasteiger partial charge in [0.2, 0.25) is 0 Å². The fourth-order valence-corrected chi connectivity index (χ4v) is 1.39.